The molecule has 1 aliphatic carbocycles. The molecule has 0 spiro atoms. The Bertz CT molecular complexity index is 231. The maximum Gasteiger partial charge on any atom is 0.0467 e. The minimum Gasteiger partial charge on any atom is -0.305 e. The number of thioether (sulfide) groups is 1. The Kier molecular flexibility index (Phi) is 2.69. The summed E-state index contributed by atoms with van der Waals surface area (Å²) in [4.78, 5) is 1.35. The number of nitrogens with one attached hydrogen (secondary N) is 1. The Labute approximate surface area is 77.6 Å². The molecule has 1 saturated carbocycles. The molecule has 0 aliphatic heterocycles. The molecule has 1 aromatic carbocycles. The van der Waals surface area contributed by atoms with Crippen LogP contribution in [0.4, 0.5) is 0 Å². The van der Waals surface area contributed by atoms with Gasteiger partial charge in [-0.05, 0) is 25.0 Å². The molecular weight excluding hydrogens is 166 g/mol. The van der Waals surface area contributed by atoms with Crippen molar-refractivity contribution in [2.45, 2.75) is 23.8 Å². The molecule has 0 radical (unpaired) electrons. The zero-order chi connectivity index (χ0) is 8.23. The summed E-state index contributed by atoms with van der Waals surface area (Å²) in [6, 6.07) is 11.3. The molecule has 0 unspecified atom stereocenters. The molecule has 0 saturated heterocycles. The van der Waals surface area contributed by atoms with Gasteiger partial charge in [0.2, 0.25) is 0 Å². The molecule has 0 amide bonds. The highest BCUT2D eigenvalue weighted by Crippen LogP contribution is 2.21. The van der Waals surface area contributed by atoms with Crippen LogP contribution in [0.5, 0.6) is 0 Å². The van der Waals surface area contributed by atoms with Crippen LogP contribution in [0.15, 0.2) is 35.2 Å². The second-order valence-corrected chi connectivity index (χ2v) is 4.13. The Morgan fingerprint density at radius 3 is 2.67 bits per heavy atom. The standard InChI is InChI=1S/C10H13NS/c1-2-4-10(5-3-1)12-8-11-9-6-7-9/h1-5,9,11H,6-8H2. The van der Waals surface area contributed by atoms with Gasteiger partial charge in [0, 0.05) is 16.8 Å². The minimum absolute atomic E-state index is 0.821. The van der Waals surface area contributed by atoms with Crippen molar-refractivity contribution in [1.82, 2.24) is 5.32 Å². The van der Waals surface area contributed by atoms with Crippen molar-refractivity contribution in [2.24, 2.45) is 0 Å². The fourth-order valence-electron chi connectivity index (χ4n) is 1.05. The lowest BCUT2D eigenvalue weighted by molar-refractivity contribution is 0.789. The first-order valence-corrected chi connectivity index (χ1v) is 5.35. The van der Waals surface area contributed by atoms with Gasteiger partial charge in [0.05, 0.1) is 0 Å². The van der Waals surface area contributed by atoms with E-state index >= 15 is 0 Å². The van der Waals surface area contributed by atoms with Crippen LogP contribution in [-0.4, -0.2) is 11.9 Å². The van der Waals surface area contributed by atoms with Crippen LogP contribution in [0.2, 0.25) is 0 Å². The van der Waals surface area contributed by atoms with Gasteiger partial charge in [0.1, 0.15) is 0 Å². The summed E-state index contributed by atoms with van der Waals surface area (Å²) in [5.41, 5.74) is 0. The zero-order valence-corrected chi connectivity index (χ0v) is 7.81. The third-order valence-corrected chi connectivity index (χ3v) is 2.85. The van der Waals surface area contributed by atoms with E-state index in [9.17, 15) is 0 Å². The van der Waals surface area contributed by atoms with Crippen LogP contribution in [-0.2, 0) is 0 Å². The molecule has 1 aromatic rings. The van der Waals surface area contributed by atoms with Crippen LogP contribution in [0.25, 0.3) is 0 Å². The van der Waals surface area contributed by atoms with Gasteiger partial charge >= 0.3 is 0 Å². The summed E-state index contributed by atoms with van der Waals surface area (Å²) >= 11 is 1.88. The maximum absolute atomic E-state index is 3.47. The maximum atomic E-state index is 3.47. The van der Waals surface area contributed by atoms with Gasteiger partial charge in [-0.1, -0.05) is 18.2 Å². The molecule has 0 bridgehead atoms. The number of benzene rings is 1. The van der Waals surface area contributed by atoms with E-state index in [1.54, 1.807) is 0 Å². The van der Waals surface area contributed by atoms with Crippen LogP contribution in [0.1, 0.15) is 12.8 Å². The van der Waals surface area contributed by atoms with Gasteiger partial charge in [-0.25, -0.2) is 0 Å². The molecule has 0 atom stereocenters. The van der Waals surface area contributed by atoms with Crippen molar-refractivity contribution in [3.8, 4) is 0 Å². The smallest absolute Gasteiger partial charge is 0.0467 e. The first-order valence-electron chi connectivity index (χ1n) is 4.36. The fraction of sp³-hybridized carbons (Fsp3) is 0.400. The van der Waals surface area contributed by atoms with Gasteiger partial charge < -0.3 is 5.32 Å². The second-order valence-electron chi connectivity index (χ2n) is 3.08. The predicted octanol–water partition coefficient (Wildman–Crippen LogP) is 2.49. The van der Waals surface area contributed by atoms with Crippen molar-refractivity contribution < 1.29 is 0 Å². The molecule has 1 nitrogen and oxygen atoms in total. The summed E-state index contributed by atoms with van der Waals surface area (Å²) in [6.07, 6.45) is 2.74. The van der Waals surface area contributed by atoms with E-state index in [0.29, 0.717) is 0 Å². The summed E-state index contributed by atoms with van der Waals surface area (Å²) in [6.45, 7) is 0. The fourth-order valence-corrected chi connectivity index (χ4v) is 1.88. The van der Waals surface area contributed by atoms with Crippen molar-refractivity contribution in [3.63, 3.8) is 0 Å². The lowest BCUT2D eigenvalue weighted by atomic mass is 10.4. The molecule has 1 fully saturated rings. The van der Waals surface area contributed by atoms with Crippen LogP contribution >= 0.6 is 11.8 Å². The molecule has 1 aliphatic rings. The van der Waals surface area contributed by atoms with Crippen molar-refractivity contribution in [2.75, 3.05) is 5.88 Å². The Morgan fingerprint density at radius 2 is 2.00 bits per heavy atom. The summed E-state index contributed by atoms with van der Waals surface area (Å²) in [7, 11) is 0. The third kappa shape index (κ3) is 2.54. The quantitative estimate of drug-likeness (QED) is 0.563. The molecular formula is C10H13NS. The molecule has 0 heterocycles. The van der Waals surface area contributed by atoms with Crippen LogP contribution < -0.4 is 5.32 Å². The van der Waals surface area contributed by atoms with E-state index in [-0.39, 0.29) is 0 Å². The zero-order valence-electron chi connectivity index (χ0n) is 6.99. The highest BCUT2D eigenvalue weighted by molar-refractivity contribution is 7.99. The first-order chi connectivity index (χ1) is 5.95. The topological polar surface area (TPSA) is 12.0 Å². The van der Waals surface area contributed by atoms with Crippen molar-refractivity contribution in [1.29, 1.82) is 0 Å². The average Bonchev–Trinajstić information content (AvgIpc) is 2.90. The van der Waals surface area contributed by atoms with Gasteiger partial charge in [0.15, 0.2) is 0 Å². The molecule has 2 heteroatoms. The lowest BCUT2D eigenvalue weighted by Gasteiger charge is -2.01. The highest BCUT2D eigenvalue weighted by Gasteiger charge is 2.19. The molecule has 12 heavy (non-hydrogen) atoms. The van der Waals surface area contributed by atoms with E-state index in [2.05, 4.69) is 35.6 Å². The highest BCUT2D eigenvalue weighted by atomic mass is 32.2. The summed E-state index contributed by atoms with van der Waals surface area (Å²) in [5, 5.41) is 3.47. The van der Waals surface area contributed by atoms with Gasteiger partial charge in [-0.2, -0.15) is 0 Å². The molecule has 64 valence electrons. The summed E-state index contributed by atoms with van der Waals surface area (Å²) in [5.74, 6) is 1.05. The van der Waals surface area contributed by atoms with E-state index in [0.717, 1.165) is 11.9 Å². The van der Waals surface area contributed by atoms with Crippen molar-refractivity contribution >= 4 is 11.8 Å². The van der Waals surface area contributed by atoms with E-state index in [1.165, 1.54) is 17.7 Å². The predicted molar refractivity (Wildman–Crippen MR) is 53.3 cm³/mol. The van der Waals surface area contributed by atoms with Gasteiger partial charge in [0.25, 0.3) is 0 Å². The minimum atomic E-state index is 0.821. The lowest BCUT2D eigenvalue weighted by Crippen LogP contribution is -2.14. The second kappa shape index (κ2) is 3.97. The Hall–Kier alpha value is -0.470. The van der Waals surface area contributed by atoms with E-state index in [1.807, 2.05) is 11.8 Å². The van der Waals surface area contributed by atoms with E-state index < -0.39 is 0 Å². The van der Waals surface area contributed by atoms with Gasteiger partial charge in [-0.15, -0.1) is 11.8 Å². The van der Waals surface area contributed by atoms with Crippen molar-refractivity contribution in [3.05, 3.63) is 30.3 Å². The van der Waals surface area contributed by atoms with Crippen LogP contribution in [0, 0.1) is 0 Å². The average molecular weight is 179 g/mol. The molecule has 0 aromatic heterocycles. The Morgan fingerprint density at radius 1 is 1.25 bits per heavy atom. The van der Waals surface area contributed by atoms with Gasteiger partial charge in [-0.3, -0.25) is 0 Å². The first kappa shape index (κ1) is 8.14. The molecule has 2 rings (SSSR count). The SMILES string of the molecule is c1ccc(SCNC2CC2)cc1. The Balaban J connectivity index is 1.72. The number of hydrogen-bond acceptors (Lipinski definition) is 2. The number of hydrogen-bond donors (Lipinski definition) is 1. The third-order valence-electron chi connectivity index (χ3n) is 1.93. The molecule has 1 N–H and O–H groups in total. The monoisotopic (exact) mass is 179 g/mol. The largest absolute Gasteiger partial charge is 0.305 e. The number of rotatable bonds is 4. The summed E-state index contributed by atoms with van der Waals surface area (Å²) < 4.78 is 0. The normalized spacial score (nSPS) is 16.3. The van der Waals surface area contributed by atoms with Crippen LogP contribution in [0.3, 0.4) is 0 Å². The van der Waals surface area contributed by atoms with E-state index in [4.69, 9.17) is 0 Å².